The van der Waals surface area contributed by atoms with Crippen LogP contribution in [0.5, 0.6) is 0 Å². The molecule has 0 radical (unpaired) electrons. The Bertz CT molecular complexity index is 556. The number of aryl methyl sites for hydroxylation is 2. The molecule has 2 aromatic rings. The maximum atomic E-state index is 5.58. The lowest BCUT2D eigenvalue weighted by atomic mass is 10.3. The minimum Gasteiger partial charge on any atom is -0.386 e. The van der Waals surface area contributed by atoms with E-state index in [1.807, 2.05) is 36.7 Å². The van der Waals surface area contributed by atoms with Gasteiger partial charge in [-0.1, -0.05) is 0 Å². The lowest BCUT2D eigenvalue weighted by Gasteiger charge is -1.98. The van der Waals surface area contributed by atoms with Crippen molar-refractivity contribution in [2.45, 2.75) is 6.92 Å². The predicted octanol–water partition coefficient (Wildman–Crippen LogP) is 2.11. The lowest BCUT2D eigenvalue weighted by molar-refractivity contribution is 0.886. The molecule has 5 heteroatoms. The second-order valence-corrected chi connectivity index (χ2v) is 3.90. The van der Waals surface area contributed by atoms with Crippen LogP contribution in [0.2, 0.25) is 0 Å². The van der Waals surface area contributed by atoms with Gasteiger partial charge in [0.15, 0.2) is 0 Å². The SMILES string of the molecule is Cc1nc2cc(N=C(N)CCl)ccc2n1C. The molecule has 0 aliphatic heterocycles. The molecule has 1 aromatic heterocycles. The van der Waals surface area contributed by atoms with Crippen molar-refractivity contribution in [1.82, 2.24) is 9.55 Å². The first-order valence-corrected chi connectivity index (χ1v) is 5.47. The third kappa shape index (κ3) is 1.88. The van der Waals surface area contributed by atoms with Gasteiger partial charge in [0.2, 0.25) is 0 Å². The molecule has 4 nitrogen and oxygen atoms in total. The fourth-order valence-electron chi connectivity index (χ4n) is 1.57. The van der Waals surface area contributed by atoms with Gasteiger partial charge in [-0.25, -0.2) is 9.98 Å². The van der Waals surface area contributed by atoms with Crippen LogP contribution in [-0.4, -0.2) is 21.3 Å². The summed E-state index contributed by atoms with van der Waals surface area (Å²) in [6.45, 7) is 1.97. The molecule has 0 aliphatic carbocycles. The number of nitrogens with zero attached hydrogens (tertiary/aromatic N) is 3. The molecule has 0 saturated carbocycles. The summed E-state index contributed by atoms with van der Waals surface area (Å²) in [4.78, 5) is 8.61. The first-order chi connectivity index (χ1) is 7.61. The van der Waals surface area contributed by atoms with Crippen LogP contribution in [0.15, 0.2) is 23.2 Å². The van der Waals surface area contributed by atoms with E-state index in [0.29, 0.717) is 5.84 Å². The van der Waals surface area contributed by atoms with Crippen LogP contribution >= 0.6 is 11.6 Å². The number of fused-ring (bicyclic) bond motifs is 1. The van der Waals surface area contributed by atoms with Crippen LogP contribution in [0.4, 0.5) is 5.69 Å². The van der Waals surface area contributed by atoms with Gasteiger partial charge in [-0.2, -0.15) is 0 Å². The van der Waals surface area contributed by atoms with Gasteiger partial charge in [0.05, 0.1) is 22.6 Å². The van der Waals surface area contributed by atoms with E-state index in [2.05, 4.69) is 9.98 Å². The van der Waals surface area contributed by atoms with Gasteiger partial charge >= 0.3 is 0 Å². The fraction of sp³-hybridized carbons (Fsp3) is 0.273. The third-order valence-electron chi connectivity index (χ3n) is 2.50. The van der Waals surface area contributed by atoms with Gasteiger partial charge in [-0.05, 0) is 25.1 Å². The van der Waals surface area contributed by atoms with Gasteiger partial charge in [0.1, 0.15) is 11.7 Å². The molecule has 0 spiro atoms. The number of halogens is 1. The summed E-state index contributed by atoms with van der Waals surface area (Å²) < 4.78 is 2.04. The number of benzene rings is 1. The highest BCUT2D eigenvalue weighted by molar-refractivity contribution is 6.28. The van der Waals surface area contributed by atoms with Crippen molar-refractivity contribution in [3.63, 3.8) is 0 Å². The summed E-state index contributed by atoms with van der Waals surface area (Å²) in [5.74, 6) is 1.62. The number of alkyl halides is 1. The summed E-state index contributed by atoms with van der Waals surface area (Å²) >= 11 is 5.57. The van der Waals surface area contributed by atoms with Crippen molar-refractivity contribution >= 4 is 34.2 Å². The number of aromatic nitrogens is 2. The van der Waals surface area contributed by atoms with E-state index >= 15 is 0 Å². The minimum absolute atomic E-state index is 0.235. The second-order valence-electron chi connectivity index (χ2n) is 3.63. The smallest absolute Gasteiger partial charge is 0.115 e. The van der Waals surface area contributed by atoms with Crippen molar-refractivity contribution < 1.29 is 0 Å². The van der Waals surface area contributed by atoms with E-state index in [1.165, 1.54) is 0 Å². The van der Waals surface area contributed by atoms with Crippen molar-refractivity contribution in [3.8, 4) is 0 Å². The highest BCUT2D eigenvalue weighted by Gasteiger charge is 2.04. The quantitative estimate of drug-likeness (QED) is 0.493. The van der Waals surface area contributed by atoms with Crippen molar-refractivity contribution in [3.05, 3.63) is 24.0 Å². The van der Waals surface area contributed by atoms with Gasteiger partial charge in [0, 0.05) is 7.05 Å². The van der Waals surface area contributed by atoms with Gasteiger partial charge in [0.25, 0.3) is 0 Å². The van der Waals surface area contributed by atoms with Crippen LogP contribution in [0.25, 0.3) is 11.0 Å². The summed E-state index contributed by atoms with van der Waals surface area (Å²) in [5, 5.41) is 0. The van der Waals surface area contributed by atoms with E-state index in [4.69, 9.17) is 17.3 Å². The Hall–Kier alpha value is -1.55. The summed E-state index contributed by atoms with van der Waals surface area (Å²) in [6, 6.07) is 5.79. The molecule has 2 rings (SSSR count). The van der Waals surface area contributed by atoms with Gasteiger partial charge in [-0.3, -0.25) is 0 Å². The monoisotopic (exact) mass is 236 g/mol. The fourth-order valence-corrected chi connectivity index (χ4v) is 1.63. The number of amidine groups is 1. The average Bonchev–Trinajstić information content (AvgIpc) is 2.54. The maximum Gasteiger partial charge on any atom is 0.115 e. The molecule has 0 atom stereocenters. The Morgan fingerprint density at radius 2 is 2.31 bits per heavy atom. The molecule has 0 bridgehead atoms. The Morgan fingerprint density at radius 3 is 3.00 bits per heavy atom. The average molecular weight is 237 g/mol. The van der Waals surface area contributed by atoms with E-state index in [-0.39, 0.29) is 5.88 Å². The standard InChI is InChI=1S/C11H13ClN4/c1-7-14-9-5-8(15-11(13)6-12)3-4-10(9)16(7)2/h3-5H,6H2,1-2H3,(H2,13,15). The zero-order valence-electron chi connectivity index (χ0n) is 9.24. The summed E-state index contributed by atoms with van der Waals surface area (Å²) in [5.41, 5.74) is 8.36. The molecule has 0 fully saturated rings. The normalized spacial score (nSPS) is 12.3. The Morgan fingerprint density at radius 1 is 1.56 bits per heavy atom. The molecular formula is C11H13ClN4. The second kappa shape index (κ2) is 4.14. The molecule has 2 N–H and O–H groups in total. The van der Waals surface area contributed by atoms with Crippen LogP contribution in [0.1, 0.15) is 5.82 Å². The number of hydrogen-bond acceptors (Lipinski definition) is 2. The first-order valence-electron chi connectivity index (χ1n) is 4.94. The molecule has 1 heterocycles. The van der Waals surface area contributed by atoms with E-state index in [0.717, 1.165) is 22.5 Å². The number of nitrogens with two attached hydrogens (primary N) is 1. The molecule has 1 aromatic carbocycles. The van der Waals surface area contributed by atoms with Crippen LogP contribution < -0.4 is 5.73 Å². The zero-order chi connectivity index (χ0) is 11.7. The number of aliphatic imine (C=N–C) groups is 1. The van der Waals surface area contributed by atoms with Crippen LogP contribution in [0.3, 0.4) is 0 Å². The molecule has 84 valence electrons. The Balaban J connectivity index is 2.53. The largest absolute Gasteiger partial charge is 0.386 e. The highest BCUT2D eigenvalue weighted by atomic mass is 35.5. The maximum absolute atomic E-state index is 5.58. The first kappa shape index (κ1) is 11.0. The molecule has 0 unspecified atom stereocenters. The van der Waals surface area contributed by atoms with E-state index in [1.54, 1.807) is 0 Å². The molecule has 0 saturated heterocycles. The lowest BCUT2D eigenvalue weighted by Crippen LogP contribution is -2.12. The van der Waals surface area contributed by atoms with Crippen LogP contribution in [-0.2, 0) is 7.05 Å². The third-order valence-corrected chi connectivity index (χ3v) is 2.77. The topological polar surface area (TPSA) is 56.2 Å². The zero-order valence-corrected chi connectivity index (χ0v) is 9.99. The predicted molar refractivity (Wildman–Crippen MR) is 67.5 cm³/mol. The van der Waals surface area contributed by atoms with Crippen molar-refractivity contribution in [1.29, 1.82) is 0 Å². The molecule has 0 aliphatic rings. The molecule has 0 amide bonds. The van der Waals surface area contributed by atoms with Gasteiger partial charge in [-0.15, -0.1) is 11.6 Å². The number of imidazole rings is 1. The Kier molecular flexibility index (Phi) is 2.83. The minimum atomic E-state index is 0.235. The Labute approximate surface area is 98.8 Å². The molecule has 16 heavy (non-hydrogen) atoms. The van der Waals surface area contributed by atoms with Gasteiger partial charge < -0.3 is 10.3 Å². The molecular weight excluding hydrogens is 224 g/mol. The van der Waals surface area contributed by atoms with Crippen molar-refractivity contribution in [2.75, 3.05) is 5.88 Å². The summed E-state index contributed by atoms with van der Waals surface area (Å²) in [7, 11) is 1.99. The van der Waals surface area contributed by atoms with E-state index < -0.39 is 0 Å². The van der Waals surface area contributed by atoms with Crippen molar-refractivity contribution in [2.24, 2.45) is 17.8 Å². The number of rotatable bonds is 2. The van der Waals surface area contributed by atoms with Crippen LogP contribution in [0, 0.1) is 6.92 Å². The van der Waals surface area contributed by atoms with E-state index in [9.17, 15) is 0 Å². The highest BCUT2D eigenvalue weighted by Crippen LogP contribution is 2.21. The summed E-state index contributed by atoms with van der Waals surface area (Å²) in [6.07, 6.45) is 0. The number of hydrogen-bond donors (Lipinski definition) is 1.